The highest BCUT2D eigenvalue weighted by Gasteiger charge is 2.23. The van der Waals surface area contributed by atoms with Crippen LogP contribution in [0.3, 0.4) is 0 Å². The van der Waals surface area contributed by atoms with Crippen LogP contribution < -0.4 is 0 Å². The minimum Gasteiger partial charge on any atom is -0.0833 e. The number of alkyl halides is 1. The standard InChI is InChI=1S/C15H23Br/c1-14(2,3)12-9-7-11(8-10-12)13(16)15(4,5)6/h7-10,13H,1-6H3. The molecule has 0 saturated heterocycles. The normalized spacial score (nSPS) is 14.9. The van der Waals surface area contributed by atoms with Crippen LogP contribution in [0.2, 0.25) is 0 Å². The van der Waals surface area contributed by atoms with Crippen LogP contribution in [0.4, 0.5) is 0 Å². The highest BCUT2D eigenvalue weighted by atomic mass is 79.9. The molecular formula is C15H23Br. The molecule has 1 rings (SSSR count). The van der Waals surface area contributed by atoms with E-state index < -0.39 is 0 Å². The molecule has 0 fully saturated rings. The van der Waals surface area contributed by atoms with Crippen molar-refractivity contribution in [2.45, 2.75) is 51.8 Å². The molecule has 0 N–H and O–H groups in total. The van der Waals surface area contributed by atoms with Crippen LogP contribution in [-0.2, 0) is 5.41 Å². The lowest BCUT2D eigenvalue weighted by Gasteiger charge is -2.27. The predicted molar refractivity (Wildman–Crippen MR) is 76.3 cm³/mol. The van der Waals surface area contributed by atoms with Gasteiger partial charge in [0.15, 0.2) is 0 Å². The third-order valence-corrected chi connectivity index (χ3v) is 4.73. The van der Waals surface area contributed by atoms with Crippen molar-refractivity contribution < 1.29 is 0 Å². The third kappa shape index (κ3) is 3.35. The van der Waals surface area contributed by atoms with Crippen LogP contribution in [0, 0.1) is 5.41 Å². The van der Waals surface area contributed by atoms with Crippen molar-refractivity contribution in [3.63, 3.8) is 0 Å². The first-order valence-electron chi connectivity index (χ1n) is 5.87. The van der Waals surface area contributed by atoms with E-state index in [9.17, 15) is 0 Å². The molecule has 16 heavy (non-hydrogen) atoms. The fraction of sp³-hybridized carbons (Fsp3) is 0.600. The summed E-state index contributed by atoms with van der Waals surface area (Å²) in [6.07, 6.45) is 0. The Morgan fingerprint density at radius 3 is 1.62 bits per heavy atom. The first kappa shape index (κ1) is 13.8. The number of benzene rings is 1. The van der Waals surface area contributed by atoms with E-state index in [2.05, 4.69) is 81.7 Å². The Morgan fingerprint density at radius 2 is 1.31 bits per heavy atom. The second kappa shape index (κ2) is 4.52. The number of halogens is 1. The number of hydrogen-bond acceptors (Lipinski definition) is 0. The zero-order valence-electron chi connectivity index (χ0n) is 11.3. The Bertz CT molecular complexity index is 335. The highest BCUT2D eigenvalue weighted by Crippen LogP contribution is 2.40. The summed E-state index contributed by atoms with van der Waals surface area (Å²) in [5.74, 6) is 0. The summed E-state index contributed by atoms with van der Waals surface area (Å²) in [5.41, 5.74) is 3.25. The van der Waals surface area contributed by atoms with E-state index in [1.54, 1.807) is 0 Å². The molecular weight excluding hydrogens is 260 g/mol. The maximum Gasteiger partial charge on any atom is 0.0443 e. The average molecular weight is 283 g/mol. The van der Waals surface area contributed by atoms with Gasteiger partial charge in [-0.2, -0.15) is 0 Å². The lowest BCUT2D eigenvalue weighted by atomic mass is 9.84. The molecule has 0 radical (unpaired) electrons. The molecule has 0 spiro atoms. The molecule has 1 aromatic rings. The summed E-state index contributed by atoms with van der Waals surface area (Å²) in [5, 5.41) is 0. The van der Waals surface area contributed by atoms with Gasteiger partial charge in [0, 0.05) is 4.83 Å². The van der Waals surface area contributed by atoms with Crippen LogP contribution in [-0.4, -0.2) is 0 Å². The van der Waals surface area contributed by atoms with Gasteiger partial charge in [0.1, 0.15) is 0 Å². The predicted octanol–water partition coefficient (Wildman–Crippen LogP) is 5.47. The first-order chi connectivity index (χ1) is 7.12. The van der Waals surface area contributed by atoms with E-state index in [0.29, 0.717) is 4.83 Å². The quantitative estimate of drug-likeness (QED) is 0.600. The van der Waals surface area contributed by atoms with E-state index in [4.69, 9.17) is 0 Å². The summed E-state index contributed by atoms with van der Waals surface area (Å²) in [7, 11) is 0. The molecule has 90 valence electrons. The highest BCUT2D eigenvalue weighted by molar-refractivity contribution is 9.09. The summed E-state index contributed by atoms with van der Waals surface area (Å²) in [6.45, 7) is 13.5. The SMILES string of the molecule is CC(C)(C)c1ccc(C(Br)C(C)(C)C)cc1. The van der Waals surface area contributed by atoms with E-state index in [1.165, 1.54) is 11.1 Å². The minimum absolute atomic E-state index is 0.238. The molecule has 1 atom stereocenters. The molecule has 1 aromatic carbocycles. The monoisotopic (exact) mass is 282 g/mol. The molecule has 0 aliphatic carbocycles. The lowest BCUT2D eigenvalue weighted by Crippen LogP contribution is -2.14. The Balaban J connectivity index is 2.96. The first-order valence-corrected chi connectivity index (χ1v) is 6.78. The summed E-state index contributed by atoms with van der Waals surface area (Å²) < 4.78 is 0. The smallest absolute Gasteiger partial charge is 0.0443 e. The van der Waals surface area contributed by atoms with Crippen molar-refractivity contribution in [3.05, 3.63) is 35.4 Å². The van der Waals surface area contributed by atoms with Gasteiger partial charge in [-0.25, -0.2) is 0 Å². The van der Waals surface area contributed by atoms with Crippen LogP contribution in [0.5, 0.6) is 0 Å². The molecule has 0 aliphatic heterocycles. The topological polar surface area (TPSA) is 0 Å². The zero-order chi connectivity index (χ0) is 12.6. The van der Waals surface area contributed by atoms with Gasteiger partial charge in [0.2, 0.25) is 0 Å². The van der Waals surface area contributed by atoms with Gasteiger partial charge in [0.25, 0.3) is 0 Å². The van der Waals surface area contributed by atoms with Crippen molar-refractivity contribution in [1.29, 1.82) is 0 Å². The summed E-state index contributed by atoms with van der Waals surface area (Å²) >= 11 is 3.78. The Morgan fingerprint density at radius 1 is 0.875 bits per heavy atom. The van der Waals surface area contributed by atoms with Gasteiger partial charge in [-0.05, 0) is 22.0 Å². The summed E-state index contributed by atoms with van der Waals surface area (Å²) in [6, 6.07) is 8.97. The van der Waals surface area contributed by atoms with Crippen LogP contribution in [0.1, 0.15) is 57.5 Å². The van der Waals surface area contributed by atoms with E-state index >= 15 is 0 Å². The minimum atomic E-state index is 0.238. The maximum atomic E-state index is 3.78. The maximum absolute atomic E-state index is 3.78. The Kier molecular flexibility index (Phi) is 3.89. The van der Waals surface area contributed by atoms with Crippen molar-refractivity contribution in [3.8, 4) is 0 Å². The van der Waals surface area contributed by atoms with Gasteiger partial charge in [-0.3, -0.25) is 0 Å². The van der Waals surface area contributed by atoms with E-state index in [0.717, 1.165) is 0 Å². The van der Waals surface area contributed by atoms with Crippen molar-refractivity contribution in [2.24, 2.45) is 5.41 Å². The lowest BCUT2D eigenvalue weighted by molar-refractivity contribution is 0.407. The van der Waals surface area contributed by atoms with Gasteiger partial charge in [0.05, 0.1) is 0 Å². The molecule has 1 heteroatoms. The van der Waals surface area contributed by atoms with Gasteiger partial charge in [-0.15, -0.1) is 0 Å². The van der Waals surface area contributed by atoms with Gasteiger partial charge < -0.3 is 0 Å². The van der Waals surface area contributed by atoms with Crippen molar-refractivity contribution >= 4 is 15.9 Å². The molecule has 1 unspecified atom stereocenters. The fourth-order valence-electron chi connectivity index (χ4n) is 1.65. The van der Waals surface area contributed by atoms with Crippen LogP contribution in [0.15, 0.2) is 24.3 Å². The van der Waals surface area contributed by atoms with E-state index in [-0.39, 0.29) is 10.8 Å². The molecule has 0 aromatic heterocycles. The van der Waals surface area contributed by atoms with E-state index in [1.807, 2.05) is 0 Å². The molecule has 0 bridgehead atoms. The second-order valence-electron chi connectivity index (χ2n) is 6.60. The molecule has 0 amide bonds. The zero-order valence-corrected chi connectivity index (χ0v) is 12.9. The second-order valence-corrected chi connectivity index (χ2v) is 7.52. The average Bonchev–Trinajstić information content (AvgIpc) is 2.14. The Labute approximate surface area is 109 Å². The van der Waals surface area contributed by atoms with Crippen LogP contribution in [0.25, 0.3) is 0 Å². The van der Waals surface area contributed by atoms with Crippen molar-refractivity contribution in [2.75, 3.05) is 0 Å². The molecule has 0 heterocycles. The van der Waals surface area contributed by atoms with Gasteiger partial charge in [-0.1, -0.05) is 81.7 Å². The van der Waals surface area contributed by atoms with Crippen molar-refractivity contribution in [1.82, 2.24) is 0 Å². The van der Waals surface area contributed by atoms with Crippen LogP contribution >= 0.6 is 15.9 Å². The fourth-order valence-corrected chi connectivity index (χ4v) is 1.96. The molecule has 0 saturated carbocycles. The summed E-state index contributed by atoms with van der Waals surface area (Å²) in [4.78, 5) is 0.411. The molecule has 0 aliphatic rings. The molecule has 0 nitrogen and oxygen atoms in total. The Hall–Kier alpha value is -0.300. The third-order valence-electron chi connectivity index (χ3n) is 2.83. The largest absolute Gasteiger partial charge is 0.0833 e. The number of hydrogen-bond donors (Lipinski definition) is 0. The number of rotatable bonds is 1. The van der Waals surface area contributed by atoms with Gasteiger partial charge >= 0.3 is 0 Å².